The molecule has 3 nitrogen and oxygen atoms in total. The van der Waals surface area contributed by atoms with Crippen molar-refractivity contribution in [3.05, 3.63) is 82.9 Å². The topological polar surface area (TPSA) is 49.3 Å². The van der Waals surface area contributed by atoms with Crippen LogP contribution < -0.4 is 5.32 Å². The van der Waals surface area contributed by atoms with E-state index >= 15 is 0 Å². The van der Waals surface area contributed by atoms with Gasteiger partial charge in [0.25, 0.3) is 5.91 Å². The van der Waals surface area contributed by atoms with E-state index in [0.29, 0.717) is 5.56 Å². The van der Waals surface area contributed by atoms with E-state index in [1.807, 2.05) is 30.3 Å². The van der Waals surface area contributed by atoms with E-state index in [1.54, 1.807) is 0 Å². The average Bonchev–Trinajstić information content (AvgIpc) is 2.63. The summed E-state index contributed by atoms with van der Waals surface area (Å²) in [6.07, 6.45) is -4.46. The number of alkyl halides is 3. The van der Waals surface area contributed by atoms with Crippen molar-refractivity contribution >= 4 is 23.2 Å². The highest BCUT2D eigenvalue weighted by atomic mass is 35.5. The maximum Gasteiger partial charge on any atom is 0.416 e. The van der Waals surface area contributed by atoms with Gasteiger partial charge in [0.2, 0.25) is 0 Å². The van der Waals surface area contributed by atoms with Crippen molar-refractivity contribution in [2.24, 2.45) is 0 Å². The number of halogens is 4. The molecule has 3 aromatic carbocycles. The van der Waals surface area contributed by atoms with Gasteiger partial charge in [0.05, 0.1) is 11.1 Å². The van der Waals surface area contributed by atoms with Gasteiger partial charge >= 0.3 is 6.18 Å². The molecule has 7 heteroatoms. The number of hydrogen-bond acceptors (Lipinski definition) is 2. The van der Waals surface area contributed by atoms with Crippen molar-refractivity contribution in [1.29, 1.82) is 0 Å². The Morgan fingerprint density at radius 3 is 2.19 bits per heavy atom. The Morgan fingerprint density at radius 1 is 0.963 bits per heavy atom. The van der Waals surface area contributed by atoms with Gasteiger partial charge < -0.3 is 10.4 Å². The first-order valence-electron chi connectivity index (χ1n) is 7.82. The number of phenolic OH excluding ortho intramolecular Hbond substituents is 1. The number of anilines is 1. The van der Waals surface area contributed by atoms with Crippen molar-refractivity contribution in [2.45, 2.75) is 6.18 Å². The lowest BCUT2D eigenvalue weighted by Crippen LogP contribution is -2.13. The lowest BCUT2D eigenvalue weighted by atomic mass is 10.0. The lowest BCUT2D eigenvalue weighted by Gasteiger charge is -2.12. The van der Waals surface area contributed by atoms with Crippen molar-refractivity contribution in [2.75, 3.05) is 5.32 Å². The summed E-state index contributed by atoms with van der Waals surface area (Å²) in [5, 5.41) is 12.9. The first-order chi connectivity index (χ1) is 12.8. The third-order valence-corrected chi connectivity index (χ3v) is 4.20. The van der Waals surface area contributed by atoms with Crippen LogP contribution >= 0.6 is 11.6 Å². The third kappa shape index (κ3) is 4.23. The maximum atomic E-state index is 12.6. The molecule has 0 saturated heterocycles. The van der Waals surface area contributed by atoms with E-state index < -0.39 is 17.6 Å². The Hall–Kier alpha value is -2.99. The molecule has 3 rings (SSSR count). The number of aromatic hydroxyl groups is 1. The van der Waals surface area contributed by atoms with Crippen LogP contribution in [0.15, 0.2) is 66.7 Å². The fraction of sp³-hybridized carbons (Fsp3) is 0.0500. The van der Waals surface area contributed by atoms with Gasteiger partial charge in [-0.05, 0) is 42.0 Å². The fourth-order valence-corrected chi connectivity index (χ4v) is 2.80. The first kappa shape index (κ1) is 18.8. The Balaban J connectivity index is 1.84. The number of nitrogens with one attached hydrogen (secondary N) is 1. The lowest BCUT2D eigenvalue weighted by molar-refractivity contribution is -0.137. The molecule has 0 bridgehead atoms. The van der Waals surface area contributed by atoms with Crippen molar-refractivity contribution < 1.29 is 23.1 Å². The van der Waals surface area contributed by atoms with Crippen molar-refractivity contribution in [3.8, 4) is 16.9 Å². The third-order valence-electron chi connectivity index (χ3n) is 3.88. The normalized spacial score (nSPS) is 11.3. The highest BCUT2D eigenvalue weighted by Crippen LogP contribution is 2.34. The predicted octanol–water partition coefficient (Wildman–Crippen LogP) is 5.98. The molecular weight excluding hydrogens is 379 g/mol. The molecule has 0 aliphatic carbocycles. The number of phenols is 1. The van der Waals surface area contributed by atoms with E-state index in [-0.39, 0.29) is 22.0 Å². The summed E-state index contributed by atoms with van der Waals surface area (Å²) in [5.41, 5.74) is 0.585. The van der Waals surface area contributed by atoms with Crippen LogP contribution in [0.25, 0.3) is 11.1 Å². The summed E-state index contributed by atoms with van der Waals surface area (Å²) in [6, 6.07) is 15.8. The molecule has 27 heavy (non-hydrogen) atoms. The number of benzene rings is 3. The molecule has 1 amide bonds. The molecule has 0 unspecified atom stereocenters. The summed E-state index contributed by atoms with van der Waals surface area (Å²) >= 11 is 6.24. The number of hydrogen-bond donors (Lipinski definition) is 2. The Morgan fingerprint density at radius 2 is 1.59 bits per heavy atom. The summed E-state index contributed by atoms with van der Waals surface area (Å²) in [6.45, 7) is 0. The minimum Gasteiger partial charge on any atom is -0.507 e. The second-order valence-corrected chi connectivity index (χ2v) is 6.15. The van der Waals surface area contributed by atoms with Crippen molar-refractivity contribution in [1.82, 2.24) is 0 Å². The second-order valence-electron chi connectivity index (χ2n) is 5.74. The van der Waals surface area contributed by atoms with Crippen LogP contribution in [0.3, 0.4) is 0 Å². The number of rotatable bonds is 3. The smallest absolute Gasteiger partial charge is 0.416 e. The fourth-order valence-electron chi connectivity index (χ4n) is 2.52. The number of carbonyl (C=O) groups is 1. The molecule has 0 radical (unpaired) electrons. The minimum absolute atomic E-state index is 0.0837. The largest absolute Gasteiger partial charge is 0.507 e. The van der Waals surface area contributed by atoms with Gasteiger partial charge in [-0.15, -0.1) is 0 Å². The minimum atomic E-state index is -4.46. The van der Waals surface area contributed by atoms with E-state index in [4.69, 9.17) is 11.6 Å². The predicted molar refractivity (Wildman–Crippen MR) is 98.0 cm³/mol. The molecule has 138 valence electrons. The van der Waals surface area contributed by atoms with Crippen LogP contribution in [-0.2, 0) is 6.18 Å². The maximum absolute atomic E-state index is 12.6. The van der Waals surface area contributed by atoms with Crippen LogP contribution in [0.1, 0.15) is 15.9 Å². The zero-order valence-corrected chi connectivity index (χ0v) is 14.5. The van der Waals surface area contributed by atoms with Gasteiger partial charge in [-0.2, -0.15) is 13.2 Å². The Kier molecular flexibility index (Phi) is 5.10. The summed E-state index contributed by atoms with van der Waals surface area (Å²) in [4.78, 5) is 12.4. The van der Waals surface area contributed by atoms with E-state index in [1.165, 1.54) is 12.1 Å². The first-order valence-corrected chi connectivity index (χ1v) is 8.20. The number of carbonyl (C=O) groups excluding carboxylic acids is 1. The van der Waals surface area contributed by atoms with Crippen LogP contribution in [-0.4, -0.2) is 11.0 Å². The molecule has 0 aromatic heterocycles. The molecule has 0 atom stereocenters. The molecule has 0 fully saturated rings. The van der Waals surface area contributed by atoms with Gasteiger partial charge in [0.1, 0.15) is 5.75 Å². The van der Waals surface area contributed by atoms with Gasteiger partial charge in [0.15, 0.2) is 0 Å². The highest BCUT2D eigenvalue weighted by Gasteiger charge is 2.30. The van der Waals surface area contributed by atoms with Crippen LogP contribution in [0.5, 0.6) is 5.75 Å². The van der Waals surface area contributed by atoms with Gasteiger partial charge in [-0.3, -0.25) is 4.79 Å². The zero-order chi connectivity index (χ0) is 19.6. The molecule has 2 N–H and O–H groups in total. The molecule has 0 heterocycles. The Bertz CT molecular complexity index is 971. The quantitative estimate of drug-likeness (QED) is 0.576. The average molecular weight is 392 g/mol. The van der Waals surface area contributed by atoms with Crippen LogP contribution in [0.2, 0.25) is 5.02 Å². The second kappa shape index (κ2) is 7.32. The Labute approximate surface area is 158 Å². The molecule has 0 aliphatic heterocycles. The molecule has 3 aromatic rings. The summed E-state index contributed by atoms with van der Waals surface area (Å²) in [7, 11) is 0. The van der Waals surface area contributed by atoms with Gasteiger partial charge in [0, 0.05) is 16.3 Å². The molecular formula is C20H13ClF3NO2. The highest BCUT2D eigenvalue weighted by molar-refractivity contribution is 6.34. The number of amides is 1. The van der Waals surface area contributed by atoms with E-state index in [0.717, 1.165) is 29.8 Å². The SMILES string of the molecule is O=C(Nc1ccc(C(F)(F)F)cc1)c1cc(Cl)c(-c2ccccc2)cc1O. The summed E-state index contributed by atoms with van der Waals surface area (Å²) < 4.78 is 37.8. The van der Waals surface area contributed by atoms with Crippen LogP contribution in [0, 0.1) is 0 Å². The van der Waals surface area contributed by atoms with Gasteiger partial charge in [-0.25, -0.2) is 0 Å². The zero-order valence-electron chi connectivity index (χ0n) is 13.7. The van der Waals surface area contributed by atoms with E-state index in [9.17, 15) is 23.1 Å². The molecule has 0 spiro atoms. The molecule has 0 saturated carbocycles. The van der Waals surface area contributed by atoms with E-state index in [2.05, 4.69) is 5.32 Å². The van der Waals surface area contributed by atoms with Crippen molar-refractivity contribution in [3.63, 3.8) is 0 Å². The van der Waals surface area contributed by atoms with Gasteiger partial charge in [-0.1, -0.05) is 41.9 Å². The monoisotopic (exact) mass is 391 g/mol. The molecule has 0 aliphatic rings. The summed E-state index contributed by atoms with van der Waals surface area (Å²) in [5.74, 6) is -0.976. The van der Waals surface area contributed by atoms with Crippen LogP contribution in [0.4, 0.5) is 18.9 Å². The standard InChI is InChI=1S/C20H13ClF3NO2/c21-17-10-16(18(26)11-15(17)12-4-2-1-3-5-12)19(27)25-14-8-6-13(7-9-14)20(22,23)24/h1-11,26H,(H,25,27).